The molecule has 0 spiro atoms. The van der Waals surface area contributed by atoms with Crippen molar-refractivity contribution in [3.8, 4) is 0 Å². The first-order chi connectivity index (χ1) is 7.98. The van der Waals surface area contributed by atoms with Gasteiger partial charge in [-0.05, 0) is 48.0 Å². The van der Waals surface area contributed by atoms with Gasteiger partial charge in [-0.3, -0.25) is 0 Å². The monoisotopic (exact) mass is 339 g/mol. The summed E-state index contributed by atoms with van der Waals surface area (Å²) in [5.41, 5.74) is 0. The Kier molecular flexibility index (Phi) is 6.12. The zero-order chi connectivity index (χ0) is 12.9. The summed E-state index contributed by atoms with van der Waals surface area (Å²) in [6.07, 6.45) is 1.56. The Morgan fingerprint density at radius 2 is 2.18 bits per heavy atom. The number of thiophene rings is 1. The van der Waals surface area contributed by atoms with Gasteiger partial charge in [0.05, 0.1) is 9.54 Å². The van der Waals surface area contributed by atoms with Crippen LogP contribution in [0.4, 0.5) is 0 Å². The summed E-state index contributed by atoms with van der Waals surface area (Å²) < 4.78 is 23.9. The average molecular weight is 340 g/mol. The summed E-state index contributed by atoms with van der Waals surface area (Å²) in [5.74, 6) is 0.524. The van der Waals surface area contributed by atoms with Crippen LogP contribution in [0.3, 0.4) is 0 Å². The molecule has 0 fully saturated rings. The Morgan fingerprint density at radius 1 is 1.47 bits per heavy atom. The van der Waals surface area contributed by atoms with Gasteiger partial charge in [0.1, 0.15) is 9.84 Å². The van der Waals surface area contributed by atoms with Crippen LogP contribution in [0.25, 0.3) is 0 Å². The second kappa shape index (κ2) is 6.87. The molecule has 0 aliphatic rings. The van der Waals surface area contributed by atoms with E-state index in [0.717, 1.165) is 10.2 Å². The van der Waals surface area contributed by atoms with Crippen molar-refractivity contribution in [2.24, 2.45) is 0 Å². The molecule has 1 heterocycles. The lowest BCUT2D eigenvalue weighted by molar-refractivity contribution is 0.542. The summed E-state index contributed by atoms with van der Waals surface area (Å²) in [4.78, 5) is 1.24. The maximum atomic E-state index is 11.4. The van der Waals surface area contributed by atoms with Gasteiger partial charge >= 0.3 is 0 Å². The number of nitrogens with one attached hydrogen (secondary N) is 1. The lowest BCUT2D eigenvalue weighted by Crippen LogP contribution is -2.17. The van der Waals surface area contributed by atoms with E-state index in [0.29, 0.717) is 6.42 Å². The molecule has 0 bridgehead atoms. The number of hydrogen-bond donors (Lipinski definition) is 1. The molecule has 17 heavy (non-hydrogen) atoms. The standard InChI is InChI=1S/C11H18BrNO2S2/c1-3-17(14,15)8-4-5-9(13-2)10-6-7-11(12)16-10/h6-7,9,13H,3-5,8H2,1-2H3. The lowest BCUT2D eigenvalue weighted by Gasteiger charge is -2.14. The molecule has 1 unspecified atom stereocenters. The van der Waals surface area contributed by atoms with Crippen LogP contribution in [-0.2, 0) is 9.84 Å². The van der Waals surface area contributed by atoms with Gasteiger partial charge in [0, 0.05) is 16.7 Å². The minimum absolute atomic E-state index is 0.238. The summed E-state index contributed by atoms with van der Waals surface area (Å²) in [5, 5.41) is 3.23. The highest BCUT2D eigenvalue weighted by Crippen LogP contribution is 2.29. The molecule has 1 aromatic rings. The van der Waals surface area contributed by atoms with Crippen LogP contribution in [0.1, 0.15) is 30.7 Å². The van der Waals surface area contributed by atoms with Crippen molar-refractivity contribution < 1.29 is 8.42 Å². The fourth-order valence-electron chi connectivity index (χ4n) is 1.60. The fraction of sp³-hybridized carbons (Fsp3) is 0.636. The molecule has 0 aromatic carbocycles. The second-order valence-electron chi connectivity index (χ2n) is 3.86. The fourth-order valence-corrected chi connectivity index (χ4v) is 4.06. The molecule has 0 saturated heterocycles. The lowest BCUT2D eigenvalue weighted by atomic mass is 10.1. The smallest absolute Gasteiger partial charge is 0.150 e. The third-order valence-corrected chi connectivity index (χ3v) is 6.20. The number of rotatable bonds is 7. The highest BCUT2D eigenvalue weighted by molar-refractivity contribution is 9.11. The van der Waals surface area contributed by atoms with E-state index in [9.17, 15) is 8.42 Å². The first kappa shape index (κ1) is 15.1. The van der Waals surface area contributed by atoms with E-state index in [1.807, 2.05) is 13.1 Å². The predicted octanol–water partition coefficient (Wildman–Crippen LogP) is 2.99. The van der Waals surface area contributed by atoms with E-state index in [-0.39, 0.29) is 17.5 Å². The summed E-state index contributed by atoms with van der Waals surface area (Å²) in [6.45, 7) is 1.70. The SMILES string of the molecule is CCS(=O)(=O)CCCC(NC)c1ccc(Br)s1. The van der Waals surface area contributed by atoms with E-state index in [1.165, 1.54) is 4.88 Å². The molecule has 1 rings (SSSR count). The molecule has 0 aliphatic heterocycles. The van der Waals surface area contributed by atoms with Crippen molar-refractivity contribution in [1.29, 1.82) is 0 Å². The van der Waals surface area contributed by atoms with E-state index < -0.39 is 9.84 Å². The van der Waals surface area contributed by atoms with Gasteiger partial charge in [0.2, 0.25) is 0 Å². The number of sulfone groups is 1. The zero-order valence-electron chi connectivity index (χ0n) is 10.1. The van der Waals surface area contributed by atoms with Crippen molar-refractivity contribution in [2.75, 3.05) is 18.6 Å². The quantitative estimate of drug-likeness (QED) is 0.830. The molecule has 1 N–H and O–H groups in total. The van der Waals surface area contributed by atoms with Crippen LogP contribution in [0.15, 0.2) is 15.9 Å². The minimum atomic E-state index is -2.83. The Balaban J connectivity index is 2.49. The van der Waals surface area contributed by atoms with Crippen molar-refractivity contribution in [3.63, 3.8) is 0 Å². The topological polar surface area (TPSA) is 46.2 Å². The molecular formula is C11H18BrNO2S2. The van der Waals surface area contributed by atoms with Gasteiger partial charge in [-0.2, -0.15) is 0 Å². The van der Waals surface area contributed by atoms with Gasteiger partial charge in [-0.25, -0.2) is 8.42 Å². The second-order valence-corrected chi connectivity index (χ2v) is 8.83. The molecule has 3 nitrogen and oxygen atoms in total. The molecule has 0 aliphatic carbocycles. The molecule has 0 radical (unpaired) electrons. The van der Waals surface area contributed by atoms with Crippen LogP contribution in [0.2, 0.25) is 0 Å². The zero-order valence-corrected chi connectivity index (χ0v) is 13.3. The van der Waals surface area contributed by atoms with Crippen LogP contribution >= 0.6 is 27.3 Å². The maximum Gasteiger partial charge on any atom is 0.150 e. The highest BCUT2D eigenvalue weighted by atomic mass is 79.9. The first-order valence-corrected chi connectivity index (χ1v) is 9.04. The van der Waals surface area contributed by atoms with Crippen LogP contribution in [0, 0.1) is 0 Å². The molecular weight excluding hydrogens is 322 g/mol. The normalized spacial score (nSPS) is 13.8. The van der Waals surface area contributed by atoms with Crippen molar-refractivity contribution in [1.82, 2.24) is 5.32 Å². The predicted molar refractivity (Wildman–Crippen MR) is 77.4 cm³/mol. The number of hydrogen-bond acceptors (Lipinski definition) is 4. The Bertz CT molecular complexity index is 442. The Labute approximate surface area is 116 Å². The van der Waals surface area contributed by atoms with Crippen LogP contribution in [0.5, 0.6) is 0 Å². The first-order valence-electron chi connectivity index (χ1n) is 5.61. The molecule has 1 aromatic heterocycles. The number of halogens is 1. The molecule has 98 valence electrons. The Morgan fingerprint density at radius 3 is 2.65 bits per heavy atom. The van der Waals surface area contributed by atoms with Crippen LogP contribution < -0.4 is 5.32 Å². The van der Waals surface area contributed by atoms with E-state index in [2.05, 4.69) is 27.3 Å². The summed E-state index contributed by atoms with van der Waals surface area (Å²) in [7, 11) is -0.925. The third kappa shape index (κ3) is 5.07. The highest BCUT2D eigenvalue weighted by Gasteiger charge is 2.13. The van der Waals surface area contributed by atoms with Gasteiger partial charge in [-0.1, -0.05) is 6.92 Å². The average Bonchev–Trinajstić information content (AvgIpc) is 2.71. The van der Waals surface area contributed by atoms with Gasteiger partial charge in [-0.15, -0.1) is 11.3 Å². The van der Waals surface area contributed by atoms with Crippen molar-refractivity contribution in [2.45, 2.75) is 25.8 Å². The van der Waals surface area contributed by atoms with Gasteiger partial charge < -0.3 is 5.32 Å². The maximum absolute atomic E-state index is 11.4. The van der Waals surface area contributed by atoms with Gasteiger partial charge in [0.15, 0.2) is 0 Å². The molecule has 0 saturated carbocycles. The van der Waals surface area contributed by atoms with E-state index in [1.54, 1.807) is 18.3 Å². The van der Waals surface area contributed by atoms with Gasteiger partial charge in [0.25, 0.3) is 0 Å². The molecule has 6 heteroatoms. The largest absolute Gasteiger partial charge is 0.312 e. The summed E-state index contributed by atoms with van der Waals surface area (Å²) in [6, 6.07) is 4.34. The molecule has 1 atom stereocenters. The van der Waals surface area contributed by atoms with Crippen molar-refractivity contribution in [3.05, 3.63) is 20.8 Å². The minimum Gasteiger partial charge on any atom is -0.312 e. The van der Waals surface area contributed by atoms with E-state index >= 15 is 0 Å². The summed E-state index contributed by atoms with van der Waals surface area (Å²) >= 11 is 5.12. The Hall–Kier alpha value is 0.0900. The van der Waals surface area contributed by atoms with Crippen LogP contribution in [-0.4, -0.2) is 27.0 Å². The van der Waals surface area contributed by atoms with Crippen molar-refractivity contribution >= 4 is 37.1 Å². The van der Waals surface area contributed by atoms with E-state index in [4.69, 9.17) is 0 Å². The third-order valence-electron chi connectivity index (χ3n) is 2.67. The molecule has 0 amide bonds.